The molecule has 0 amide bonds. The zero-order chi connectivity index (χ0) is 13.0. The van der Waals surface area contributed by atoms with E-state index in [1.54, 1.807) is 0 Å². The summed E-state index contributed by atoms with van der Waals surface area (Å²) < 4.78 is 1.96. The highest BCUT2D eigenvalue weighted by atomic mass is 35.5. The largest absolute Gasteiger partial charge is 0.308 e. The molecule has 2 aromatic rings. The lowest BCUT2D eigenvalue weighted by molar-refractivity contribution is 0.507. The first kappa shape index (κ1) is 13.1. The van der Waals surface area contributed by atoms with Gasteiger partial charge in [-0.05, 0) is 37.1 Å². The third-order valence-corrected chi connectivity index (χ3v) is 3.18. The Balaban J connectivity index is 1.81. The van der Waals surface area contributed by atoms with Crippen molar-refractivity contribution in [1.82, 2.24) is 15.1 Å². The molecule has 18 heavy (non-hydrogen) atoms. The first-order valence-corrected chi connectivity index (χ1v) is 6.51. The number of aromatic nitrogens is 2. The molecule has 0 saturated carbocycles. The van der Waals surface area contributed by atoms with Crippen molar-refractivity contribution in [2.75, 3.05) is 6.54 Å². The molecule has 0 aliphatic heterocycles. The topological polar surface area (TPSA) is 29.9 Å². The van der Waals surface area contributed by atoms with Crippen LogP contribution in [0.4, 0.5) is 0 Å². The van der Waals surface area contributed by atoms with Gasteiger partial charge in [0.25, 0.3) is 0 Å². The average molecular weight is 264 g/mol. The summed E-state index contributed by atoms with van der Waals surface area (Å²) in [5.41, 5.74) is 2.44. The molecule has 96 valence electrons. The number of aryl methyl sites for hydroxylation is 1. The number of benzene rings is 1. The van der Waals surface area contributed by atoms with Gasteiger partial charge in [0.05, 0.1) is 12.7 Å². The maximum absolute atomic E-state index is 5.87. The second kappa shape index (κ2) is 6.03. The van der Waals surface area contributed by atoms with Crippen LogP contribution in [-0.4, -0.2) is 16.3 Å². The minimum Gasteiger partial charge on any atom is -0.308 e. The van der Waals surface area contributed by atoms with Crippen LogP contribution in [0, 0.1) is 6.92 Å². The van der Waals surface area contributed by atoms with Crippen LogP contribution in [0.25, 0.3) is 0 Å². The lowest BCUT2D eigenvalue weighted by atomic mass is 10.1. The Morgan fingerprint density at radius 1 is 1.33 bits per heavy atom. The second-order valence-corrected chi connectivity index (χ2v) is 4.94. The lowest BCUT2D eigenvalue weighted by Gasteiger charge is -2.14. The molecule has 0 unspecified atom stereocenters. The van der Waals surface area contributed by atoms with E-state index in [-0.39, 0.29) is 0 Å². The Kier molecular flexibility index (Phi) is 4.39. The molecule has 2 rings (SSSR count). The number of rotatable bonds is 5. The molecular formula is C14H18ClN3. The van der Waals surface area contributed by atoms with E-state index < -0.39 is 0 Å². The summed E-state index contributed by atoms with van der Waals surface area (Å²) in [6.45, 7) is 5.97. The normalized spacial score (nSPS) is 12.6. The molecule has 0 aliphatic rings. The summed E-state index contributed by atoms with van der Waals surface area (Å²) in [6, 6.07) is 8.27. The monoisotopic (exact) mass is 263 g/mol. The fourth-order valence-corrected chi connectivity index (χ4v) is 1.98. The SMILES string of the molecule is Cc1cnn(CCN[C@H](C)c2ccc(Cl)cc2)c1. The highest BCUT2D eigenvalue weighted by molar-refractivity contribution is 6.30. The van der Waals surface area contributed by atoms with Gasteiger partial charge in [-0.25, -0.2) is 0 Å². The molecule has 0 spiro atoms. The smallest absolute Gasteiger partial charge is 0.0534 e. The minimum atomic E-state index is 0.318. The predicted molar refractivity (Wildman–Crippen MR) is 74.8 cm³/mol. The Morgan fingerprint density at radius 3 is 2.67 bits per heavy atom. The van der Waals surface area contributed by atoms with E-state index in [0.717, 1.165) is 18.1 Å². The Labute approximate surface area is 113 Å². The molecule has 1 aromatic carbocycles. The molecule has 0 fully saturated rings. The van der Waals surface area contributed by atoms with Gasteiger partial charge >= 0.3 is 0 Å². The number of hydrogen-bond donors (Lipinski definition) is 1. The molecule has 1 N–H and O–H groups in total. The third-order valence-electron chi connectivity index (χ3n) is 2.92. The van der Waals surface area contributed by atoms with Crippen LogP contribution < -0.4 is 5.32 Å². The molecule has 3 nitrogen and oxygen atoms in total. The first-order chi connectivity index (χ1) is 8.65. The maximum Gasteiger partial charge on any atom is 0.0534 e. The van der Waals surface area contributed by atoms with Crippen LogP contribution in [0.5, 0.6) is 0 Å². The fraction of sp³-hybridized carbons (Fsp3) is 0.357. The van der Waals surface area contributed by atoms with Gasteiger partial charge in [-0.1, -0.05) is 23.7 Å². The van der Waals surface area contributed by atoms with Crippen molar-refractivity contribution in [3.05, 3.63) is 52.8 Å². The van der Waals surface area contributed by atoms with Crippen LogP contribution in [0.15, 0.2) is 36.7 Å². The van der Waals surface area contributed by atoms with Crippen LogP contribution >= 0.6 is 11.6 Å². The average Bonchev–Trinajstić information content (AvgIpc) is 2.76. The van der Waals surface area contributed by atoms with Crippen LogP contribution in [0.2, 0.25) is 5.02 Å². The van der Waals surface area contributed by atoms with Crippen molar-refractivity contribution in [1.29, 1.82) is 0 Å². The summed E-state index contributed by atoms with van der Waals surface area (Å²) in [6.07, 6.45) is 3.93. The lowest BCUT2D eigenvalue weighted by Crippen LogP contribution is -2.23. The predicted octanol–water partition coefficient (Wildman–Crippen LogP) is 3.20. The van der Waals surface area contributed by atoms with Crippen molar-refractivity contribution in [3.63, 3.8) is 0 Å². The molecule has 0 aliphatic carbocycles. The molecule has 0 bridgehead atoms. The highest BCUT2D eigenvalue weighted by Crippen LogP contribution is 2.15. The minimum absolute atomic E-state index is 0.318. The standard InChI is InChI=1S/C14H18ClN3/c1-11-9-17-18(10-11)8-7-16-12(2)13-3-5-14(15)6-4-13/h3-6,9-10,12,16H,7-8H2,1-2H3/t12-/m1/s1. The van der Waals surface area contributed by atoms with Gasteiger partial charge in [-0.3, -0.25) is 4.68 Å². The van der Waals surface area contributed by atoms with Crippen LogP contribution in [0.3, 0.4) is 0 Å². The molecule has 1 atom stereocenters. The Morgan fingerprint density at radius 2 is 2.06 bits per heavy atom. The zero-order valence-electron chi connectivity index (χ0n) is 10.7. The van der Waals surface area contributed by atoms with E-state index in [1.807, 2.05) is 29.9 Å². The number of hydrogen-bond acceptors (Lipinski definition) is 2. The zero-order valence-corrected chi connectivity index (χ0v) is 11.5. The molecular weight excluding hydrogens is 246 g/mol. The molecule has 1 heterocycles. The second-order valence-electron chi connectivity index (χ2n) is 4.51. The van der Waals surface area contributed by atoms with Crippen LogP contribution in [0.1, 0.15) is 24.1 Å². The summed E-state index contributed by atoms with van der Waals surface area (Å²) in [5, 5.41) is 8.50. The van der Waals surface area contributed by atoms with E-state index >= 15 is 0 Å². The van der Waals surface area contributed by atoms with Crippen molar-refractivity contribution in [2.45, 2.75) is 26.4 Å². The van der Waals surface area contributed by atoms with E-state index in [1.165, 1.54) is 11.1 Å². The molecule has 4 heteroatoms. The first-order valence-electron chi connectivity index (χ1n) is 6.13. The van der Waals surface area contributed by atoms with E-state index in [9.17, 15) is 0 Å². The Hall–Kier alpha value is -1.32. The molecule has 0 saturated heterocycles. The van der Waals surface area contributed by atoms with Gasteiger partial charge in [-0.2, -0.15) is 5.10 Å². The summed E-state index contributed by atoms with van der Waals surface area (Å²) in [4.78, 5) is 0. The van der Waals surface area contributed by atoms with Gasteiger partial charge in [-0.15, -0.1) is 0 Å². The van der Waals surface area contributed by atoms with Crippen molar-refractivity contribution < 1.29 is 0 Å². The number of halogens is 1. The molecule has 0 radical (unpaired) electrons. The van der Waals surface area contributed by atoms with Gasteiger partial charge in [0.15, 0.2) is 0 Å². The van der Waals surface area contributed by atoms with E-state index in [4.69, 9.17) is 11.6 Å². The maximum atomic E-state index is 5.87. The third kappa shape index (κ3) is 3.59. The quantitative estimate of drug-likeness (QED) is 0.898. The van der Waals surface area contributed by atoms with E-state index in [0.29, 0.717) is 6.04 Å². The fourth-order valence-electron chi connectivity index (χ4n) is 1.85. The summed E-state index contributed by atoms with van der Waals surface area (Å²) in [5.74, 6) is 0. The van der Waals surface area contributed by atoms with Gasteiger partial charge < -0.3 is 5.32 Å². The molecule has 1 aromatic heterocycles. The van der Waals surface area contributed by atoms with Crippen molar-refractivity contribution in [2.24, 2.45) is 0 Å². The van der Waals surface area contributed by atoms with E-state index in [2.05, 4.69) is 35.7 Å². The van der Waals surface area contributed by atoms with Crippen molar-refractivity contribution >= 4 is 11.6 Å². The summed E-state index contributed by atoms with van der Waals surface area (Å²) in [7, 11) is 0. The number of nitrogens with one attached hydrogen (secondary N) is 1. The van der Waals surface area contributed by atoms with Crippen LogP contribution in [-0.2, 0) is 6.54 Å². The Bertz CT molecular complexity index is 490. The van der Waals surface area contributed by atoms with Gasteiger partial charge in [0.2, 0.25) is 0 Å². The van der Waals surface area contributed by atoms with Gasteiger partial charge in [0, 0.05) is 23.8 Å². The van der Waals surface area contributed by atoms with Crippen molar-refractivity contribution in [3.8, 4) is 0 Å². The van der Waals surface area contributed by atoms with Gasteiger partial charge in [0.1, 0.15) is 0 Å². The number of nitrogens with zero attached hydrogens (tertiary/aromatic N) is 2. The summed E-state index contributed by atoms with van der Waals surface area (Å²) >= 11 is 5.87. The highest BCUT2D eigenvalue weighted by Gasteiger charge is 2.04.